The van der Waals surface area contributed by atoms with Crippen molar-refractivity contribution in [3.63, 3.8) is 0 Å². The smallest absolute Gasteiger partial charge is 0.407 e. The van der Waals surface area contributed by atoms with Crippen molar-refractivity contribution in [3.05, 3.63) is 59.7 Å². The molecule has 12 heteroatoms. The fourth-order valence-electron chi connectivity index (χ4n) is 5.05. The molecule has 2 aliphatic rings. The van der Waals surface area contributed by atoms with E-state index in [9.17, 15) is 23.1 Å². The lowest BCUT2D eigenvalue weighted by Crippen LogP contribution is -2.51. The van der Waals surface area contributed by atoms with Gasteiger partial charge in [0.1, 0.15) is 18.1 Å². The maximum absolute atomic E-state index is 13.6. The lowest BCUT2D eigenvalue weighted by molar-refractivity contribution is -0.0907. The summed E-state index contributed by atoms with van der Waals surface area (Å²) in [6.07, 6.45) is -1.30. The van der Waals surface area contributed by atoms with Gasteiger partial charge in [-0.1, -0.05) is 38.1 Å². The number of hydrogen-bond donors (Lipinski definition) is 2. The van der Waals surface area contributed by atoms with Gasteiger partial charge in [0.15, 0.2) is 6.29 Å². The summed E-state index contributed by atoms with van der Waals surface area (Å²) in [5.41, 5.74) is 1.23. The number of nitrogens with one attached hydrogen (secondary N) is 1. The predicted octanol–water partition coefficient (Wildman–Crippen LogP) is 2.61. The Morgan fingerprint density at radius 3 is 2.46 bits per heavy atom. The molecule has 2 aromatic rings. The Hall–Kier alpha value is -3.03. The van der Waals surface area contributed by atoms with E-state index < -0.39 is 40.7 Å². The van der Waals surface area contributed by atoms with Crippen molar-refractivity contribution >= 4 is 22.4 Å². The van der Waals surface area contributed by atoms with Crippen LogP contribution in [-0.4, -0.2) is 88.2 Å². The van der Waals surface area contributed by atoms with Crippen molar-refractivity contribution in [2.75, 3.05) is 33.4 Å². The van der Waals surface area contributed by atoms with Crippen LogP contribution in [0.4, 0.5) is 4.79 Å². The maximum Gasteiger partial charge on any atom is 0.407 e. The molecule has 0 aliphatic carbocycles. The van der Waals surface area contributed by atoms with Crippen LogP contribution in [0.25, 0.3) is 0 Å². The summed E-state index contributed by atoms with van der Waals surface area (Å²) < 4.78 is 50.3. The number of alkyl carbamates (subject to hydrolysis) is 1. The Balaban J connectivity index is 1.53. The van der Waals surface area contributed by atoms with E-state index in [2.05, 4.69) is 5.32 Å². The summed E-state index contributed by atoms with van der Waals surface area (Å²) >= 11 is 0. The Labute approximate surface area is 240 Å². The molecule has 0 spiro atoms. The number of aldehydes is 1. The van der Waals surface area contributed by atoms with E-state index in [4.69, 9.17) is 18.9 Å². The second-order valence-electron chi connectivity index (χ2n) is 10.7. The zero-order valence-corrected chi connectivity index (χ0v) is 24.3. The highest BCUT2D eigenvalue weighted by Gasteiger charge is 2.44. The summed E-state index contributed by atoms with van der Waals surface area (Å²) in [7, 11) is -2.49. The van der Waals surface area contributed by atoms with Gasteiger partial charge in [-0.25, -0.2) is 13.2 Å². The van der Waals surface area contributed by atoms with Gasteiger partial charge in [-0.3, -0.25) is 4.79 Å². The Morgan fingerprint density at radius 1 is 1.12 bits per heavy atom. The van der Waals surface area contributed by atoms with Gasteiger partial charge in [-0.15, -0.1) is 0 Å². The fraction of sp³-hybridized carbons (Fsp3) is 0.517. The van der Waals surface area contributed by atoms with Crippen LogP contribution in [-0.2, 0) is 30.7 Å². The standard InChI is InChI=1S/C29H38N2O9S/c1-19(2)15-31(41(35,36)23-10-8-22(37-3)9-11-23)16-26(33)25(14-20-4-6-21(17-32)7-5-20)30-29(34)40-27-18-39-28-24(27)12-13-38-28/h4-11,17,19,24-28,33H,12-16,18H2,1-3H3,(H,30,34)/t24?,25-,26+,27-,28?/m0/s1. The Bertz CT molecular complexity index is 1270. The number of carbonyl (C=O) groups is 2. The van der Waals surface area contributed by atoms with E-state index in [1.165, 1.54) is 23.5 Å². The van der Waals surface area contributed by atoms with Gasteiger partial charge in [0.25, 0.3) is 0 Å². The van der Waals surface area contributed by atoms with Gasteiger partial charge in [0.2, 0.25) is 10.0 Å². The minimum atomic E-state index is -3.98. The molecule has 2 N–H and O–H groups in total. The molecule has 2 heterocycles. The van der Waals surface area contributed by atoms with Crippen molar-refractivity contribution in [1.29, 1.82) is 0 Å². The molecule has 41 heavy (non-hydrogen) atoms. The first-order chi connectivity index (χ1) is 19.6. The molecule has 1 amide bonds. The molecule has 2 aliphatic heterocycles. The van der Waals surface area contributed by atoms with E-state index in [0.29, 0.717) is 24.3 Å². The zero-order chi connectivity index (χ0) is 29.6. The third-order valence-electron chi connectivity index (χ3n) is 7.24. The molecule has 2 aromatic carbocycles. The minimum Gasteiger partial charge on any atom is -0.497 e. The zero-order valence-electron chi connectivity index (χ0n) is 23.5. The number of rotatable bonds is 13. The van der Waals surface area contributed by atoms with Crippen LogP contribution in [0.15, 0.2) is 53.4 Å². The molecule has 0 bridgehead atoms. The second-order valence-corrected chi connectivity index (χ2v) is 12.7. The number of methoxy groups -OCH3 is 1. The van der Waals surface area contributed by atoms with Gasteiger partial charge in [0.05, 0.1) is 43.3 Å². The van der Waals surface area contributed by atoms with Crippen LogP contribution < -0.4 is 10.1 Å². The van der Waals surface area contributed by atoms with Crippen molar-refractivity contribution < 1.29 is 42.1 Å². The second kappa shape index (κ2) is 13.8. The number of benzene rings is 2. The number of amides is 1. The van der Waals surface area contributed by atoms with Crippen LogP contribution in [0, 0.1) is 11.8 Å². The number of hydrogen-bond acceptors (Lipinski definition) is 9. The molecule has 2 fully saturated rings. The van der Waals surface area contributed by atoms with Crippen molar-refractivity contribution in [2.45, 2.75) is 56.1 Å². The summed E-state index contributed by atoms with van der Waals surface area (Å²) in [5, 5.41) is 14.2. The van der Waals surface area contributed by atoms with Gasteiger partial charge in [0, 0.05) is 18.7 Å². The van der Waals surface area contributed by atoms with Crippen LogP contribution in [0.2, 0.25) is 0 Å². The molecule has 11 nitrogen and oxygen atoms in total. The van der Waals surface area contributed by atoms with Gasteiger partial charge in [-0.2, -0.15) is 4.31 Å². The third kappa shape index (κ3) is 7.83. The van der Waals surface area contributed by atoms with Crippen LogP contribution in [0.1, 0.15) is 36.2 Å². The molecular weight excluding hydrogens is 552 g/mol. The SMILES string of the molecule is COc1ccc(S(=O)(=O)N(CC(C)C)C[C@@H](O)[C@H](Cc2ccc(C=O)cc2)NC(=O)O[C@H]2COC3OCCC32)cc1. The van der Waals surface area contributed by atoms with Crippen molar-refractivity contribution in [3.8, 4) is 5.75 Å². The number of sulfonamides is 1. The Kier molecular flexibility index (Phi) is 10.4. The van der Waals surface area contributed by atoms with Gasteiger partial charge < -0.3 is 29.4 Å². The molecule has 4 rings (SSSR count). The average Bonchev–Trinajstić information content (AvgIpc) is 3.57. The Morgan fingerprint density at radius 2 is 1.83 bits per heavy atom. The largest absolute Gasteiger partial charge is 0.497 e. The monoisotopic (exact) mass is 590 g/mol. The highest BCUT2D eigenvalue weighted by atomic mass is 32.2. The summed E-state index contributed by atoms with van der Waals surface area (Å²) in [5.74, 6) is 0.425. The lowest BCUT2D eigenvalue weighted by atomic mass is 10.00. The summed E-state index contributed by atoms with van der Waals surface area (Å²) in [4.78, 5) is 24.2. The number of nitrogens with zero attached hydrogens (tertiary/aromatic N) is 1. The highest BCUT2D eigenvalue weighted by molar-refractivity contribution is 7.89. The fourth-order valence-corrected chi connectivity index (χ4v) is 6.67. The van der Waals surface area contributed by atoms with E-state index in [0.717, 1.165) is 11.8 Å². The molecule has 0 radical (unpaired) electrons. The molecule has 224 valence electrons. The topological polar surface area (TPSA) is 141 Å². The number of carbonyl (C=O) groups excluding carboxylic acids is 2. The predicted molar refractivity (Wildman–Crippen MR) is 149 cm³/mol. The minimum absolute atomic E-state index is 0.0357. The molecule has 5 atom stereocenters. The first-order valence-electron chi connectivity index (χ1n) is 13.7. The molecule has 2 saturated heterocycles. The number of aliphatic hydroxyl groups is 1. The quantitative estimate of drug-likeness (QED) is 0.337. The maximum atomic E-state index is 13.6. The van der Waals surface area contributed by atoms with E-state index >= 15 is 0 Å². The normalized spacial score (nSPS) is 21.9. The first kappa shape index (κ1) is 30.9. The molecular formula is C29H38N2O9S. The molecule has 0 aromatic heterocycles. The highest BCUT2D eigenvalue weighted by Crippen LogP contribution is 2.33. The van der Waals surface area contributed by atoms with Gasteiger partial charge >= 0.3 is 6.09 Å². The van der Waals surface area contributed by atoms with Crippen molar-refractivity contribution in [1.82, 2.24) is 9.62 Å². The summed E-state index contributed by atoms with van der Waals surface area (Å²) in [6, 6.07) is 11.9. The van der Waals surface area contributed by atoms with Gasteiger partial charge in [-0.05, 0) is 48.6 Å². The number of aliphatic hydroxyl groups excluding tert-OH is 1. The van der Waals surface area contributed by atoms with E-state index in [1.807, 2.05) is 13.8 Å². The van der Waals surface area contributed by atoms with Crippen LogP contribution in [0.5, 0.6) is 5.75 Å². The average molecular weight is 591 g/mol. The van der Waals surface area contributed by atoms with Crippen LogP contribution in [0.3, 0.4) is 0 Å². The molecule has 2 unspecified atom stereocenters. The molecule has 0 saturated carbocycles. The lowest BCUT2D eigenvalue weighted by Gasteiger charge is -2.31. The number of ether oxygens (including phenoxy) is 4. The first-order valence-corrected chi connectivity index (χ1v) is 15.1. The number of fused-ring (bicyclic) bond motifs is 1. The van der Waals surface area contributed by atoms with Crippen molar-refractivity contribution in [2.24, 2.45) is 11.8 Å². The van der Waals surface area contributed by atoms with Crippen LogP contribution >= 0.6 is 0 Å². The summed E-state index contributed by atoms with van der Waals surface area (Å²) in [6.45, 7) is 4.39. The van der Waals surface area contributed by atoms with E-state index in [1.54, 1.807) is 36.4 Å². The van der Waals surface area contributed by atoms with E-state index in [-0.39, 0.29) is 42.8 Å². The third-order valence-corrected chi connectivity index (χ3v) is 9.09.